The normalized spacial score (nSPS) is 41.3. The van der Waals surface area contributed by atoms with Crippen molar-refractivity contribution >= 4 is 0 Å². The molecule has 146 valence electrons. The van der Waals surface area contributed by atoms with E-state index in [1.54, 1.807) is 12.5 Å². The van der Waals surface area contributed by atoms with Gasteiger partial charge in [0.1, 0.15) is 0 Å². The summed E-state index contributed by atoms with van der Waals surface area (Å²) in [7, 11) is 0. The second-order valence-corrected chi connectivity index (χ2v) is 9.80. The number of ether oxygens (including phenoxy) is 2. The summed E-state index contributed by atoms with van der Waals surface area (Å²) in [6.45, 7) is 10.5. The molecule has 4 heteroatoms. The van der Waals surface area contributed by atoms with E-state index in [0.717, 1.165) is 24.8 Å². The maximum atomic E-state index is 12.3. The lowest BCUT2D eigenvalue weighted by Crippen LogP contribution is -2.69. The molecule has 0 unspecified atom stereocenters. The van der Waals surface area contributed by atoms with Gasteiger partial charge in [-0.15, -0.1) is 0 Å². The van der Waals surface area contributed by atoms with E-state index in [0.29, 0.717) is 25.6 Å². The van der Waals surface area contributed by atoms with Crippen LogP contribution in [-0.2, 0) is 15.9 Å². The second kappa shape index (κ2) is 6.08. The van der Waals surface area contributed by atoms with Gasteiger partial charge >= 0.3 is 0 Å². The molecule has 3 fully saturated rings. The number of rotatable bonds is 3. The van der Waals surface area contributed by atoms with Crippen molar-refractivity contribution in [3.8, 4) is 0 Å². The molecule has 3 aliphatic rings. The van der Waals surface area contributed by atoms with Crippen LogP contribution >= 0.6 is 0 Å². The molecule has 0 aromatic carbocycles. The Balaban J connectivity index is 1.74. The molecule has 4 nitrogen and oxygen atoms in total. The Labute approximate surface area is 157 Å². The quantitative estimate of drug-likeness (QED) is 0.856. The average molecular weight is 363 g/mol. The largest absolute Gasteiger partial charge is 0.472 e. The van der Waals surface area contributed by atoms with Crippen LogP contribution in [-0.4, -0.2) is 29.7 Å². The Bertz CT molecular complexity index is 631. The fourth-order valence-corrected chi connectivity index (χ4v) is 6.57. The molecule has 26 heavy (non-hydrogen) atoms. The van der Waals surface area contributed by atoms with E-state index in [4.69, 9.17) is 13.9 Å². The standard InChI is InChI=1S/C22H34O4/c1-16-21(23,10-6-17-7-11-24-15-17)20(4)9-5-8-19(2,3)18(20)14-22(16)25-12-13-26-22/h7,11,15-16,18,23H,5-6,8-10,12-14H2,1-4H3/t16-,18-,20-,21+/m0/s1. The first-order chi connectivity index (χ1) is 12.2. The van der Waals surface area contributed by atoms with E-state index in [9.17, 15) is 5.11 Å². The zero-order chi connectivity index (χ0) is 18.6. The Kier molecular flexibility index (Phi) is 4.33. The SMILES string of the molecule is C[C@@H]1C2(C[C@H]3C(C)(C)CCC[C@]3(C)[C@@]1(O)CCc1ccoc1)OCCO2. The molecule has 2 saturated carbocycles. The Morgan fingerprint density at radius 2 is 1.88 bits per heavy atom. The van der Waals surface area contributed by atoms with Gasteiger partial charge in [0.2, 0.25) is 0 Å². The minimum absolute atomic E-state index is 0.0560. The van der Waals surface area contributed by atoms with Crippen molar-refractivity contribution in [1.29, 1.82) is 0 Å². The van der Waals surface area contributed by atoms with Crippen LogP contribution in [0, 0.1) is 22.7 Å². The molecule has 0 amide bonds. The van der Waals surface area contributed by atoms with Crippen molar-refractivity contribution in [2.45, 2.75) is 77.6 Å². The number of hydrogen-bond acceptors (Lipinski definition) is 4. The van der Waals surface area contributed by atoms with Crippen LogP contribution < -0.4 is 0 Å². The summed E-state index contributed by atoms with van der Waals surface area (Å²) < 4.78 is 17.7. The van der Waals surface area contributed by atoms with Gasteiger partial charge < -0.3 is 19.0 Å². The molecule has 0 radical (unpaired) electrons. The molecule has 1 aliphatic heterocycles. The van der Waals surface area contributed by atoms with Crippen LogP contribution in [0.15, 0.2) is 23.0 Å². The number of furan rings is 1. The number of fused-ring (bicyclic) bond motifs is 1. The first-order valence-corrected chi connectivity index (χ1v) is 10.2. The highest BCUT2D eigenvalue weighted by Gasteiger charge is 2.69. The van der Waals surface area contributed by atoms with E-state index in [1.807, 2.05) is 6.07 Å². The van der Waals surface area contributed by atoms with E-state index in [-0.39, 0.29) is 16.7 Å². The van der Waals surface area contributed by atoms with Gasteiger partial charge in [0.15, 0.2) is 5.79 Å². The van der Waals surface area contributed by atoms with Crippen LogP contribution in [0.3, 0.4) is 0 Å². The van der Waals surface area contributed by atoms with Gasteiger partial charge in [-0.3, -0.25) is 0 Å². The van der Waals surface area contributed by atoms with E-state index in [1.165, 1.54) is 12.8 Å². The third kappa shape index (κ3) is 2.52. The maximum Gasteiger partial charge on any atom is 0.174 e. The minimum atomic E-state index is -0.824. The van der Waals surface area contributed by atoms with Gasteiger partial charge in [-0.25, -0.2) is 0 Å². The Morgan fingerprint density at radius 3 is 2.54 bits per heavy atom. The number of aliphatic hydroxyl groups is 1. The van der Waals surface area contributed by atoms with Gasteiger partial charge in [0.05, 0.1) is 31.3 Å². The lowest BCUT2D eigenvalue weighted by molar-refractivity contribution is -0.327. The summed E-state index contributed by atoms with van der Waals surface area (Å²) in [6, 6.07) is 2.00. The predicted octanol–water partition coefficient (Wildman–Crippen LogP) is 4.56. The number of hydrogen-bond donors (Lipinski definition) is 1. The highest BCUT2D eigenvalue weighted by atomic mass is 16.7. The van der Waals surface area contributed by atoms with Gasteiger partial charge in [-0.05, 0) is 48.6 Å². The molecule has 2 aliphatic carbocycles. The third-order valence-electron chi connectivity index (χ3n) is 8.23. The zero-order valence-corrected chi connectivity index (χ0v) is 16.7. The summed E-state index contributed by atoms with van der Waals surface area (Å²) >= 11 is 0. The molecule has 0 bridgehead atoms. The van der Waals surface area contributed by atoms with Crippen molar-refractivity contribution in [1.82, 2.24) is 0 Å². The van der Waals surface area contributed by atoms with Crippen molar-refractivity contribution in [3.05, 3.63) is 24.2 Å². The first-order valence-electron chi connectivity index (χ1n) is 10.2. The van der Waals surface area contributed by atoms with Crippen LogP contribution in [0.1, 0.15) is 65.4 Å². The molecule has 4 atom stereocenters. The lowest BCUT2D eigenvalue weighted by Gasteiger charge is -2.66. The molecule has 1 N–H and O–H groups in total. The molecular weight excluding hydrogens is 328 g/mol. The Hall–Kier alpha value is -0.840. The lowest BCUT2D eigenvalue weighted by atomic mass is 9.43. The van der Waals surface area contributed by atoms with Crippen LogP contribution in [0.2, 0.25) is 0 Å². The summed E-state index contributed by atoms with van der Waals surface area (Å²) in [5.74, 6) is -0.309. The highest BCUT2D eigenvalue weighted by Crippen LogP contribution is 2.66. The average Bonchev–Trinajstić information content (AvgIpc) is 3.26. The fraction of sp³-hybridized carbons (Fsp3) is 0.818. The van der Waals surface area contributed by atoms with Crippen molar-refractivity contribution < 1.29 is 19.0 Å². The van der Waals surface area contributed by atoms with Gasteiger partial charge in [0, 0.05) is 17.8 Å². The predicted molar refractivity (Wildman–Crippen MR) is 99.6 cm³/mol. The molecule has 1 saturated heterocycles. The van der Waals surface area contributed by atoms with Crippen LogP contribution in [0.4, 0.5) is 0 Å². The van der Waals surface area contributed by atoms with Gasteiger partial charge in [-0.2, -0.15) is 0 Å². The van der Waals surface area contributed by atoms with Crippen LogP contribution in [0.5, 0.6) is 0 Å². The van der Waals surface area contributed by atoms with Crippen molar-refractivity contribution in [2.75, 3.05) is 13.2 Å². The summed E-state index contributed by atoms with van der Waals surface area (Å²) in [4.78, 5) is 0. The molecule has 1 aromatic heterocycles. The second-order valence-electron chi connectivity index (χ2n) is 9.80. The molecule has 2 heterocycles. The monoisotopic (exact) mass is 362 g/mol. The van der Waals surface area contributed by atoms with Gasteiger partial charge in [0.25, 0.3) is 0 Å². The molecule has 1 aromatic rings. The highest BCUT2D eigenvalue weighted by molar-refractivity contribution is 5.17. The molecular formula is C22H34O4. The summed E-state index contributed by atoms with van der Waals surface area (Å²) in [5.41, 5.74) is 0.376. The van der Waals surface area contributed by atoms with E-state index < -0.39 is 11.4 Å². The van der Waals surface area contributed by atoms with Gasteiger partial charge in [-0.1, -0.05) is 34.1 Å². The fourth-order valence-electron chi connectivity index (χ4n) is 6.57. The van der Waals surface area contributed by atoms with Crippen LogP contribution in [0.25, 0.3) is 0 Å². The minimum Gasteiger partial charge on any atom is -0.472 e. The molecule has 4 rings (SSSR count). The third-order valence-corrected chi connectivity index (χ3v) is 8.23. The van der Waals surface area contributed by atoms with E-state index >= 15 is 0 Å². The number of aryl methyl sites for hydroxylation is 1. The summed E-state index contributed by atoms with van der Waals surface area (Å²) in [6.07, 6.45) is 9.38. The molecule has 1 spiro atoms. The topological polar surface area (TPSA) is 51.8 Å². The first kappa shape index (κ1) is 18.5. The Morgan fingerprint density at radius 1 is 1.15 bits per heavy atom. The van der Waals surface area contributed by atoms with E-state index in [2.05, 4.69) is 27.7 Å². The van der Waals surface area contributed by atoms with Crippen molar-refractivity contribution in [2.24, 2.45) is 22.7 Å². The zero-order valence-electron chi connectivity index (χ0n) is 16.7. The smallest absolute Gasteiger partial charge is 0.174 e. The summed E-state index contributed by atoms with van der Waals surface area (Å²) in [5, 5.41) is 12.3. The van der Waals surface area contributed by atoms with Crippen molar-refractivity contribution in [3.63, 3.8) is 0 Å². The maximum absolute atomic E-state index is 12.3.